The van der Waals surface area contributed by atoms with E-state index in [-0.39, 0.29) is 17.3 Å². The minimum atomic E-state index is -1.11. The van der Waals surface area contributed by atoms with Crippen LogP contribution in [-0.4, -0.2) is 26.3 Å². The number of aromatic amines is 1. The number of rotatable bonds is 3. The number of hydrogen-bond donors (Lipinski definition) is 2. The summed E-state index contributed by atoms with van der Waals surface area (Å²) < 4.78 is 5.13. The minimum Gasteiger partial charge on any atom is -0.478 e. The Morgan fingerprint density at radius 3 is 2.94 bits per heavy atom. The Morgan fingerprint density at radius 1 is 1.41 bits per heavy atom. The number of carbonyl (C=O) groups is 1. The Morgan fingerprint density at radius 2 is 2.24 bits per heavy atom. The number of nitrogens with zero attached hydrogens (tertiary/aromatic N) is 2. The summed E-state index contributed by atoms with van der Waals surface area (Å²) in [6, 6.07) is 4.50. The summed E-state index contributed by atoms with van der Waals surface area (Å²) in [5.41, 5.74) is 0.0864. The van der Waals surface area contributed by atoms with Crippen molar-refractivity contribution in [1.29, 1.82) is 0 Å². The summed E-state index contributed by atoms with van der Waals surface area (Å²) in [7, 11) is 0. The van der Waals surface area contributed by atoms with Crippen LogP contribution >= 0.6 is 0 Å². The molecule has 0 fully saturated rings. The van der Waals surface area contributed by atoms with Gasteiger partial charge in [-0.1, -0.05) is 6.07 Å². The van der Waals surface area contributed by atoms with Gasteiger partial charge in [-0.25, -0.2) is 4.79 Å². The third-order valence-electron chi connectivity index (χ3n) is 1.81. The minimum absolute atomic E-state index is 0.0482. The molecule has 86 valence electrons. The molecule has 0 atom stereocenters. The molecular formula is C10H7N3O4. The van der Waals surface area contributed by atoms with Gasteiger partial charge in [0.2, 0.25) is 11.4 Å². The van der Waals surface area contributed by atoms with E-state index >= 15 is 0 Å². The van der Waals surface area contributed by atoms with Gasteiger partial charge in [0, 0.05) is 18.2 Å². The third-order valence-corrected chi connectivity index (χ3v) is 1.81. The van der Waals surface area contributed by atoms with Gasteiger partial charge in [0.1, 0.15) is 5.69 Å². The van der Waals surface area contributed by atoms with Crippen molar-refractivity contribution in [1.82, 2.24) is 15.2 Å². The summed E-state index contributed by atoms with van der Waals surface area (Å²) in [5.74, 6) is -0.947. The van der Waals surface area contributed by atoms with Gasteiger partial charge in [0.15, 0.2) is 0 Å². The van der Waals surface area contributed by atoms with E-state index in [4.69, 9.17) is 9.52 Å². The smallest absolute Gasteiger partial charge is 0.328 e. The second-order valence-electron chi connectivity index (χ2n) is 3.05. The van der Waals surface area contributed by atoms with E-state index in [9.17, 15) is 9.59 Å². The van der Waals surface area contributed by atoms with Crippen LogP contribution in [0.15, 0.2) is 33.5 Å². The van der Waals surface area contributed by atoms with Crippen LogP contribution in [0.5, 0.6) is 0 Å². The van der Waals surface area contributed by atoms with Gasteiger partial charge < -0.3 is 14.5 Å². The second kappa shape index (κ2) is 4.44. The topological polar surface area (TPSA) is 109 Å². The fourth-order valence-electron chi connectivity index (χ4n) is 1.13. The van der Waals surface area contributed by atoms with E-state index in [1.54, 1.807) is 12.1 Å². The molecule has 2 aromatic rings. The maximum atomic E-state index is 11.0. The maximum Gasteiger partial charge on any atom is 0.328 e. The van der Waals surface area contributed by atoms with Crippen LogP contribution in [-0.2, 0) is 4.79 Å². The standard InChI is InChI=1S/C10H7N3O4/c14-7-3-1-2-6(11-7)10-13-12-8(17-10)4-5-9(15)16/h1-5H,(H,11,14)(H,15,16)/b5-4+. The lowest BCUT2D eigenvalue weighted by atomic mass is 10.3. The Bertz CT molecular complexity index is 626. The van der Waals surface area contributed by atoms with Crippen LogP contribution in [0, 0.1) is 0 Å². The average molecular weight is 233 g/mol. The maximum absolute atomic E-state index is 11.0. The highest BCUT2D eigenvalue weighted by molar-refractivity contribution is 5.84. The summed E-state index contributed by atoms with van der Waals surface area (Å²) in [6.45, 7) is 0. The first-order valence-corrected chi connectivity index (χ1v) is 4.59. The molecule has 0 unspecified atom stereocenters. The van der Waals surface area contributed by atoms with E-state index in [1.165, 1.54) is 12.1 Å². The zero-order valence-electron chi connectivity index (χ0n) is 8.45. The van der Waals surface area contributed by atoms with E-state index < -0.39 is 5.97 Å². The van der Waals surface area contributed by atoms with Crippen molar-refractivity contribution in [3.8, 4) is 11.6 Å². The van der Waals surface area contributed by atoms with Crippen molar-refractivity contribution in [2.75, 3.05) is 0 Å². The number of aliphatic carboxylic acids is 1. The summed E-state index contributed by atoms with van der Waals surface area (Å²) >= 11 is 0. The normalized spacial score (nSPS) is 10.8. The Balaban J connectivity index is 2.30. The second-order valence-corrected chi connectivity index (χ2v) is 3.05. The molecule has 2 N–H and O–H groups in total. The van der Waals surface area contributed by atoms with Gasteiger partial charge in [-0.15, -0.1) is 10.2 Å². The quantitative estimate of drug-likeness (QED) is 0.748. The molecule has 0 spiro atoms. The molecule has 0 saturated carbocycles. The molecule has 2 heterocycles. The van der Waals surface area contributed by atoms with Gasteiger partial charge in [-0.05, 0) is 6.07 Å². The first-order chi connectivity index (χ1) is 8.15. The van der Waals surface area contributed by atoms with Crippen molar-refractivity contribution < 1.29 is 14.3 Å². The number of hydrogen-bond acceptors (Lipinski definition) is 5. The fourth-order valence-corrected chi connectivity index (χ4v) is 1.13. The monoisotopic (exact) mass is 233 g/mol. The lowest BCUT2D eigenvalue weighted by molar-refractivity contribution is -0.131. The molecule has 2 aromatic heterocycles. The highest BCUT2D eigenvalue weighted by atomic mass is 16.4. The fraction of sp³-hybridized carbons (Fsp3) is 0. The largest absolute Gasteiger partial charge is 0.478 e. The van der Waals surface area contributed by atoms with Crippen molar-refractivity contribution in [2.24, 2.45) is 0 Å². The molecule has 0 aromatic carbocycles. The predicted molar refractivity (Wildman–Crippen MR) is 57.0 cm³/mol. The molecule has 0 aliphatic carbocycles. The number of nitrogens with one attached hydrogen (secondary N) is 1. The number of H-pyrrole nitrogens is 1. The van der Waals surface area contributed by atoms with Crippen molar-refractivity contribution in [2.45, 2.75) is 0 Å². The predicted octanol–water partition coefficient (Wildman–Crippen LogP) is 0.523. The van der Waals surface area contributed by atoms with E-state index in [0.29, 0.717) is 5.69 Å². The number of pyridine rings is 1. The highest BCUT2D eigenvalue weighted by Gasteiger charge is 2.07. The summed E-state index contributed by atoms with van der Waals surface area (Å²) in [5, 5.41) is 15.7. The molecule has 0 aliphatic heterocycles. The number of carboxylic acid groups (broad SMARTS) is 1. The molecule has 7 nitrogen and oxygen atoms in total. The van der Waals surface area contributed by atoms with Crippen LogP contribution in [0.4, 0.5) is 0 Å². The Kier molecular flexibility index (Phi) is 2.82. The molecule has 0 aliphatic rings. The Labute approximate surface area is 94.4 Å². The Hall–Kier alpha value is -2.70. The number of aromatic nitrogens is 3. The van der Waals surface area contributed by atoms with E-state index in [1.807, 2.05) is 0 Å². The number of carboxylic acids is 1. The molecule has 17 heavy (non-hydrogen) atoms. The van der Waals surface area contributed by atoms with Crippen LogP contribution in [0.2, 0.25) is 0 Å². The molecule has 2 rings (SSSR count). The molecule has 7 heteroatoms. The van der Waals surface area contributed by atoms with Crippen LogP contribution in [0.1, 0.15) is 5.89 Å². The van der Waals surface area contributed by atoms with Crippen molar-refractivity contribution >= 4 is 12.0 Å². The van der Waals surface area contributed by atoms with Crippen LogP contribution in [0.3, 0.4) is 0 Å². The van der Waals surface area contributed by atoms with Crippen LogP contribution < -0.4 is 5.56 Å². The highest BCUT2D eigenvalue weighted by Crippen LogP contribution is 2.13. The zero-order chi connectivity index (χ0) is 12.3. The summed E-state index contributed by atoms with van der Waals surface area (Å²) in [6.07, 6.45) is 2.05. The molecule has 0 bridgehead atoms. The molecule has 0 saturated heterocycles. The van der Waals surface area contributed by atoms with Crippen molar-refractivity contribution in [3.05, 3.63) is 40.5 Å². The summed E-state index contributed by atoms with van der Waals surface area (Å²) in [4.78, 5) is 23.8. The lowest BCUT2D eigenvalue weighted by Crippen LogP contribution is -2.03. The van der Waals surface area contributed by atoms with Gasteiger partial charge in [0.05, 0.1) is 0 Å². The zero-order valence-corrected chi connectivity index (χ0v) is 8.45. The van der Waals surface area contributed by atoms with E-state index in [2.05, 4.69) is 15.2 Å². The molecule has 0 radical (unpaired) electrons. The van der Waals surface area contributed by atoms with Gasteiger partial charge in [-0.3, -0.25) is 4.79 Å². The van der Waals surface area contributed by atoms with Crippen molar-refractivity contribution in [3.63, 3.8) is 0 Å². The van der Waals surface area contributed by atoms with Gasteiger partial charge in [-0.2, -0.15) is 0 Å². The molecular weight excluding hydrogens is 226 g/mol. The van der Waals surface area contributed by atoms with Gasteiger partial charge in [0.25, 0.3) is 5.89 Å². The SMILES string of the molecule is O=C(O)/C=C/c1nnc(-c2cccc(=O)[nH]2)o1. The van der Waals surface area contributed by atoms with Crippen LogP contribution in [0.25, 0.3) is 17.7 Å². The van der Waals surface area contributed by atoms with Gasteiger partial charge >= 0.3 is 5.97 Å². The van der Waals surface area contributed by atoms with E-state index in [0.717, 1.165) is 6.08 Å². The lowest BCUT2D eigenvalue weighted by Gasteiger charge is -1.91. The third kappa shape index (κ3) is 2.65. The first kappa shape index (κ1) is 10.8. The first-order valence-electron chi connectivity index (χ1n) is 4.59. The average Bonchev–Trinajstić information content (AvgIpc) is 2.75. The molecule has 0 amide bonds.